The van der Waals surface area contributed by atoms with Gasteiger partial charge in [0, 0.05) is 11.7 Å². The first-order chi connectivity index (χ1) is 15.2. The molecule has 3 aromatic rings. The molecule has 0 unspecified atom stereocenters. The van der Waals surface area contributed by atoms with E-state index in [0.717, 1.165) is 30.0 Å². The van der Waals surface area contributed by atoms with E-state index in [2.05, 4.69) is 82.6 Å². The molecule has 1 heterocycles. The topological polar surface area (TPSA) is 67.2 Å². The number of hydrogen-bond acceptors (Lipinski definition) is 3. The molecule has 0 atom stereocenters. The number of anilines is 2. The Hall–Kier alpha value is -2.82. The lowest BCUT2D eigenvalue weighted by Gasteiger charge is -2.45. The summed E-state index contributed by atoms with van der Waals surface area (Å²) in [6.45, 7) is 16.0. The lowest BCUT2D eigenvalue weighted by molar-refractivity contribution is 0.0696. The van der Waals surface area contributed by atoms with Crippen LogP contribution in [0, 0.1) is 10.8 Å². The molecule has 176 valence electrons. The summed E-state index contributed by atoms with van der Waals surface area (Å²) >= 11 is 0. The fraction of sp³-hybridized carbons (Fsp3) is 0.500. The second kappa shape index (κ2) is 7.89. The quantitative estimate of drug-likeness (QED) is 0.433. The van der Waals surface area contributed by atoms with Gasteiger partial charge in [0.2, 0.25) is 5.95 Å². The minimum absolute atomic E-state index is 0.0954. The van der Waals surface area contributed by atoms with Crippen molar-refractivity contribution in [1.82, 2.24) is 9.55 Å². The van der Waals surface area contributed by atoms with E-state index in [4.69, 9.17) is 4.98 Å². The van der Waals surface area contributed by atoms with E-state index in [-0.39, 0.29) is 27.9 Å². The van der Waals surface area contributed by atoms with Crippen LogP contribution in [0.4, 0.5) is 11.6 Å². The maximum Gasteiger partial charge on any atom is 0.335 e. The molecule has 1 saturated carbocycles. The number of carboxylic acid groups (broad SMARTS) is 1. The third-order valence-corrected chi connectivity index (χ3v) is 6.84. The van der Waals surface area contributed by atoms with Crippen LogP contribution in [0.1, 0.15) is 89.7 Å². The summed E-state index contributed by atoms with van der Waals surface area (Å²) in [6.07, 6.45) is 3.30. The van der Waals surface area contributed by atoms with E-state index in [0.29, 0.717) is 5.52 Å². The summed E-state index contributed by atoms with van der Waals surface area (Å²) in [7, 11) is 0. The van der Waals surface area contributed by atoms with Crippen molar-refractivity contribution >= 4 is 28.6 Å². The minimum atomic E-state index is -0.932. The number of nitrogens with one attached hydrogen (secondary N) is 1. The van der Waals surface area contributed by atoms with Crippen molar-refractivity contribution in [1.29, 1.82) is 0 Å². The molecule has 5 heteroatoms. The summed E-state index contributed by atoms with van der Waals surface area (Å²) < 4.78 is 2.31. The van der Waals surface area contributed by atoms with Crippen LogP contribution in [0.2, 0.25) is 0 Å². The highest BCUT2D eigenvalue weighted by molar-refractivity contribution is 5.93. The maximum absolute atomic E-state index is 11.6. The van der Waals surface area contributed by atoms with Crippen molar-refractivity contribution in [2.45, 2.75) is 79.2 Å². The molecule has 2 N–H and O–H groups in total. The van der Waals surface area contributed by atoms with Crippen molar-refractivity contribution in [3.05, 3.63) is 53.6 Å². The van der Waals surface area contributed by atoms with E-state index in [1.54, 1.807) is 12.1 Å². The number of nitrogens with zero attached hydrogens (tertiary/aromatic N) is 2. The number of fused-ring (bicyclic) bond motifs is 1. The standard InChI is InChI=1S/C28H37N3O2/c1-26(2,3)19-9-11-20(12-10-19)29-25-30-22-14-18(24(32)33)8-13-23(22)31(25)21-15-27(4,5)17-28(6,7)16-21/h8-14,21H,15-17H2,1-7H3,(H,29,30)(H,32,33). The molecule has 1 fully saturated rings. The molecular weight excluding hydrogens is 410 g/mol. The van der Waals surface area contributed by atoms with Crippen molar-refractivity contribution in [3.8, 4) is 0 Å². The molecule has 0 bridgehead atoms. The fourth-order valence-corrected chi connectivity index (χ4v) is 5.84. The number of rotatable bonds is 4. The first kappa shape index (κ1) is 23.3. The number of aromatic nitrogens is 2. The van der Waals surface area contributed by atoms with Gasteiger partial charge in [0.05, 0.1) is 16.6 Å². The highest BCUT2D eigenvalue weighted by Crippen LogP contribution is 2.51. The van der Waals surface area contributed by atoms with Gasteiger partial charge in [-0.2, -0.15) is 0 Å². The third kappa shape index (κ3) is 4.92. The molecule has 5 nitrogen and oxygen atoms in total. The summed E-state index contributed by atoms with van der Waals surface area (Å²) in [5.74, 6) is -0.159. The van der Waals surface area contributed by atoms with E-state index in [1.807, 2.05) is 6.07 Å². The van der Waals surface area contributed by atoms with Crippen molar-refractivity contribution < 1.29 is 9.90 Å². The number of carbonyl (C=O) groups is 1. The molecule has 0 aliphatic heterocycles. The lowest BCUT2D eigenvalue weighted by atomic mass is 9.63. The smallest absolute Gasteiger partial charge is 0.335 e. The second-order valence-electron chi connectivity index (χ2n) is 12.3. The third-order valence-electron chi connectivity index (χ3n) is 6.84. The molecule has 4 rings (SSSR count). The molecule has 0 amide bonds. The molecule has 0 saturated heterocycles. The fourth-order valence-electron chi connectivity index (χ4n) is 5.84. The van der Waals surface area contributed by atoms with E-state index in [9.17, 15) is 9.90 Å². The Labute approximate surface area is 197 Å². The molecular formula is C28H37N3O2. The van der Waals surface area contributed by atoms with Crippen LogP contribution in [-0.4, -0.2) is 20.6 Å². The maximum atomic E-state index is 11.6. The number of aromatic carboxylic acids is 1. The average Bonchev–Trinajstić information content (AvgIpc) is 3.02. The van der Waals surface area contributed by atoms with Crippen LogP contribution >= 0.6 is 0 Å². The van der Waals surface area contributed by atoms with Crippen LogP contribution in [0.15, 0.2) is 42.5 Å². The van der Waals surface area contributed by atoms with Gasteiger partial charge in [-0.05, 0) is 71.4 Å². The molecule has 0 spiro atoms. The van der Waals surface area contributed by atoms with Gasteiger partial charge in [0.25, 0.3) is 0 Å². The van der Waals surface area contributed by atoms with Gasteiger partial charge in [-0.3, -0.25) is 0 Å². The largest absolute Gasteiger partial charge is 0.478 e. The van der Waals surface area contributed by atoms with Gasteiger partial charge >= 0.3 is 5.97 Å². The predicted octanol–water partition coefficient (Wildman–Crippen LogP) is 7.55. The van der Waals surface area contributed by atoms with E-state index < -0.39 is 5.97 Å². The Morgan fingerprint density at radius 1 is 1.03 bits per heavy atom. The molecule has 33 heavy (non-hydrogen) atoms. The minimum Gasteiger partial charge on any atom is -0.478 e. The zero-order valence-electron chi connectivity index (χ0n) is 21.0. The van der Waals surface area contributed by atoms with E-state index >= 15 is 0 Å². The van der Waals surface area contributed by atoms with Gasteiger partial charge in [0.1, 0.15) is 0 Å². The Morgan fingerprint density at radius 3 is 2.18 bits per heavy atom. The Morgan fingerprint density at radius 2 is 1.64 bits per heavy atom. The van der Waals surface area contributed by atoms with Gasteiger partial charge < -0.3 is 15.0 Å². The first-order valence-electron chi connectivity index (χ1n) is 11.9. The normalized spacial score (nSPS) is 18.4. The van der Waals surface area contributed by atoms with Crippen LogP contribution in [0.25, 0.3) is 11.0 Å². The van der Waals surface area contributed by atoms with Gasteiger partial charge in [-0.25, -0.2) is 9.78 Å². The lowest BCUT2D eigenvalue weighted by Crippen LogP contribution is -2.35. The molecule has 1 aromatic heterocycles. The zero-order valence-corrected chi connectivity index (χ0v) is 21.0. The Balaban J connectivity index is 1.80. The predicted molar refractivity (Wildman–Crippen MR) is 136 cm³/mol. The molecule has 0 radical (unpaired) electrons. The van der Waals surface area contributed by atoms with Crippen LogP contribution < -0.4 is 5.32 Å². The van der Waals surface area contributed by atoms with Crippen LogP contribution in [0.3, 0.4) is 0 Å². The Kier molecular flexibility index (Phi) is 5.58. The van der Waals surface area contributed by atoms with Crippen molar-refractivity contribution in [2.24, 2.45) is 10.8 Å². The Bertz CT molecular complexity index is 1160. The molecule has 2 aromatic carbocycles. The van der Waals surface area contributed by atoms with Crippen molar-refractivity contribution in [2.75, 3.05) is 5.32 Å². The molecule has 1 aliphatic carbocycles. The summed E-state index contributed by atoms with van der Waals surface area (Å²) in [4.78, 5) is 16.4. The molecule has 1 aliphatic rings. The van der Waals surface area contributed by atoms with Crippen molar-refractivity contribution in [3.63, 3.8) is 0 Å². The van der Waals surface area contributed by atoms with Gasteiger partial charge in [-0.15, -0.1) is 0 Å². The summed E-state index contributed by atoms with van der Waals surface area (Å²) in [5.41, 5.74) is 4.74. The average molecular weight is 448 g/mol. The second-order valence-corrected chi connectivity index (χ2v) is 12.3. The van der Waals surface area contributed by atoms with Gasteiger partial charge in [0.15, 0.2) is 0 Å². The highest BCUT2D eigenvalue weighted by atomic mass is 16.4. The first-order valence-corrected chi connectivity index (χ1v) is 11.9. The monoisotopic (exact) mass is 447 g/mol. The highest BCUT2D eigenvalue weighted by Gasteiger charge is 2.40. The number of benzene rings is 2. The SMILES string of the molecule is CC1(C)CC(n2c(Nc3ccc(C(C)(C)C)cc3)nc3cc(C(=O)O)ccc32)CC(C)(C)C1. The van der Waals surface area contributed by atoms with Crippen LogP contribution in [0.5, 0.6) is 0 Å². The number of carboxylic acids is 1. The number of hydrogen-bond donors (Lipinski definition) is 2. The van der Waals surface area contributed by atoms with Crippen LogP contribution in [-0.2, 0) is 5.41 Å². The van der Waals surface area contributed by atoms with Gasteiger partial charge in [-0.1, -0.05) is 60.6 Å². The number of imidazole rings is 1. The summed E-state index contributed by atoms with van der Waals surface area (Å²) in [5, 5.41) is 13.0. The van der Waals surface area contributed by atoms with E-state index in [1.165, 1.54) is 12.0 Å². The zero-order chi connectivity index (χ0) is 24.2. The summed E-state index contributed by atoms with van der Waals surface area (Å²) in [6, 6.07) is 14.1.